The molecule has 0 saturated heterocycles. The molecule has 0 aliphatic carbocycles. The number of carbonyl (C=O) groups excluding carboxylic acids is 4. The van der Waals surface area contributed by atoms with Crippen LogP contribution in [0.5, 0.6) is 0 Å². The van der Waals surface area contributed by atoms with E-state index in [0.717, 1.165) is 77.0 Å². The molecule has 0 aromatic heterocycles. The SMILES string of the molecule is CCCCCCCC(=O)C(C(=O)CCCCCCC)(C(=O)CCCCCCC)C(=O)OCC(O)CO. The van der Waals surface area contributed by atoms with Crippen LogP contribution in [0.15, 0.2) is 0 Å². The Morgan fingerprint density at radius 3 is 1.25 bits per heavy atom. The highest BCUT2D eigenvalue weighted by atomic mass is 16.5. The molecule has 0 saturated carbocycles. The number of Topliss-reactive ketones (excluding diaryl/α,β-unsaturated/α-hetero) is 3. The van der Waals surface area contributed by atoms with Crippen molar-refractivity contribution in [2.75, 3.05) is 13.2 Å². The summed E-state index contributed by atoms with van der Waals surface area (Å²) >= 11 is 0. The van der Waals surface area contributed by atoms with Crippen molar-refractivity contribution in [1.82, 2.24) is 0 Å². The molecule has 0 aliphatic heterocycles. The molecular weight excluding hydrogens is 460 g/mol. The molecule has 7 heteroatoms. The monoisotopic (exact) mass is 512 g/mol. The van der Waals surface area contributed by atoms with Crippen molar-refractivity contribution < 1.29 is 34.1 Å². The largest absolute Gasteiger partial charge is 0.461 e. The van der Waals surface area contributed by atoms with Gasteiger partial charge in [0.25, 0.3) is 0 Å². The van der Waals surface area contributed by atoms with Crippen LogP contribution >= 0.6 is 0 Å². The first-order valence-electron chi connectivity index (χ1n) is 14.4. The number of rotatable bonds is 25. The summed E-state index contributed by atoms with van der Waals surface area (Å²) in [4.78, 5) is 54.0. The van der Waals surface area contributed by atoms with E-state index < -0.39 is 48.1 Å². The zero-order chi connectivity index (χ0) is 27.2. The lowest BCUT2D eigenvalue weighted by molar-refractivity contribution is -0.170. The minimum absolute atomic E-state index is 0.0372. The molecule has 36 heavy (non-hydrogen) atoms. The van der Waals surface area contributed by atoms with E-state index in [9.17, 15) is 24.3 Å². The van der Waals surface area contributed by atoms with Crippen LogP contribution in [-0.4, -0.2) is 52.8 Å². The van der Waals surface area contributed by atoms with Crippen LogP contribution in [0, 0.1) is 5.41 Å². The highest BCUT2D eigenvalue weighted by Gasteiger charge is 2.57. The van der Waals surface area contributed by atoms with E-state index >= 15 is 0 Å². The molecule has 1 atom stereocenters. The number of aliphatic hydroxyl groups is 2. The number of hydrogen-bond donors (Lipinski definition) is 2. The zero-order valence-electron chi connectivity index (χ0n) is 23.2. The summed E-state index contributed by atoms with van der Waals surface area (Å²) in [5.74, 6) is -3.23. The molecule has 0 bridgehead atoms. The lowest BCUT2D eigenvalue weighted by Gasteiger charge is -2.28. The van der Waals surface area contributed by atoms with Gasteiger partial charge in [-0.25, -0.2) is 4.79 Å². The van der Waals surface area contributed by atoms with Crippen LogP contribution in [0.3, 0.4) is 0 Å². The highest BCUT2D eigenvalue weighted by molar-refractivity contribution is 6.37. The summed E-state index contributed by atoms with van der Waals surface area (Å²) in [6.45, 7) is 5.05. The smallest absolute Gasteiger partial charge is 0.335 e. The van der Waals surface area contributed by atoms with Crippen molar-refractivity contribution in [3.63, 3.8) is 0 Å². The van der Waals surface area contributed by atoms with Gasteiger partial charge in [0, 0.05) is 19.3 Å². The van der Waals surface area contributed by atoms with Crippen LogP contribution in [0.25, 0.3) is 0 Å². The van der Waals surface area contributed by atoms with Crippen LogP contribution in [-0.2, 0) is 23.9 Å². The molecule has 210 valence electrons. The first kappa shape index (κ1) is 34.4. The third kappa shape index (κ3) is 12.6. The fourth-order valence-corrected chi connectivity index (χ4v) is 4.37. The Hall–Kier alpha value is -1.60. The number of unbranched alkanes of at least 4 members (excludes halogenated alkanes) is 12. The van der Waals surface area contributed by atoms with E-state index in [1.807, 2.05) is 0 Å². The third-order valence-electron chi connectivity index (χ3n) is 6.70. The van der Waals surface area contributed by atoms with Crippen LogP contribution in [0.1, 0.15) is 136 Å². The molecule has 0 aliphatic rings. The summed E-state index contributed by atoms with van der Waals surface area (Å²) in [6.07, 6.45) is 11.5. The molecule has 2 N–H and O–H groups in total. The fourth-order valence-electron chi connectivity index (χ4n) is 4.37. The predicted molar refractivity (Wildman–Crippen MR) is 142 cm³/mol. The van der Waals surface area contributed by atoms with E-state index in [2.05, 4.69) is 20.8 Å². The molecule has 0 aromatic carbocycles. The highest BCUT2D eigenvalue weighted by Crippen LogP contribution is 2.32. The first-order valence-corrected chi connectivity index (χ1v) is 14.4. The zero-order valence-corrected chi connectivity index (χ0v) is 23.2. The van der Waals surface area contributed by atoms with Gasteiger partial charge in [-0.05, 0) is 19.3 Å². The lowest BCUT2D eigenvalue weighted by atomic mass is 9.71. The van der Waals surface area contributed by atoms with Crippen molar-refractivity contribution in [1.29, 1.82) is 0 Å². The maximum atomic E-state index is 13.6. The maximum Gasteiger partial charge on any atom is 0.335 e. The fraction of sp³-hybridized carbons (Fsp3) is 0.862. The molecule has 0 aromatic rings. The standard InChI is InChI=1S/C29H52O7/c1-4-7-10-13-16-19-25(32)29(28(35)36-23-24(31)22-30,26(33)20-17-14-11-8-5-2)27(34)21-18-15-12-9-6-3/h24,30-31H,4-23H2,1-3H3. The average molecular weight is 513 g/mol. The van der Waals surface area contributed by atoms with Gasteiger partial charge in [0.15, 0.2) is 17.3 Å². The van der Waals surface area contributed by atoms with E-state index in [0.29, 0.717) is 19.3 Å². The Morgan fingerprint density at radius 1 is 0.611 bits per heavy atom. The Labute approximate surface area is 218 Å². The number of carbonyl (C=O) groups is 4. The van der Waals surface area contributed by atoms with Crippen molar-refractivity contribution in [3.8, 4) is 0 Å². The van der Waals surface area contributed by atoms with Crippen molar-refractivity contribution in [2.45, 2.75) is 142 Å². The first-order chi connectivity index (χ1) is 17.3. The molecule has 0 heterocycles. The summed E-state index contributed by atoms with van der Waals surface area (Å²) in [6, 6.07) is 0. The van der Waals surface area contributed by atoms with Gasteiger partial charge in [0.1, 0.15) is 12.7 Å². The van der Waals surface area contributed by atoms with Gasteiger partial charge in [0.05, 0.1) is 6.61 Å². The predicted octanol–water partition coefficient (Wildman–Crippen LogP) is 5.66. The van der Waals surface area contributed by atoms with Gasteiger partial charge in [-0.2, -0.15) is 0 Å². The average Bonchev–Trinajstić information content (AvgIpc) is 2.87. The Morgan fingerprint density at radius 2 is 0.944 bits per heavy atom. The van der Waals surface area contributed by atoms with E-state index in [1.54, 1.807) is 0 Å². The van der Waals surface area contributed by atoms with Gasteiger partial charge < -0.3 is 14.9 Å². The molecule has 0 amide bonds. The van der Waals surface area contributed by atoms with Gasteiger partial charge >= 0.3 is 5.97 Å². The van der Waals surface area contributed by atoms with Crippen molar-refractivity contribution in [2.24, 2.45) is 5.41 Å². The van der Waals surface area contributed by atoms with Gasteiger partial charge in [-0.15, -0.1) is 0 Å². The van der Waals surface area contributed by atoms with Crippen LogP contribution in [0.4, 0.5) is 0 Å². The normalized spacial score (nSPS) is 12.4. The van der Waals surface area contributed by atoms with Gasteiger partial charge in [0.2, 0.25) is 5.41 Å². The minimum atomic E-state index is -2.46. The summed E-state index contributed by atoms with van der Waals surface area (Å²) in [7, 11) is 0. The molecular formula is C29H52O7. The second kappa shape index (κ2) is 21.5. The number of ether oxygens (including phenoxy) is 1. The number of hydrogen-bond acceptors (Lipinski definition) is 7. The Bertz CT molecular complexity index is 565. The van der Waals surface area contributed by atoms with E-state index in [4.69, 9.17) is 9.84 Å². The molecule has 0 fully saturated rings. The molecule has 0 radical (unpaired) electrons. The van der Waals surface area contributed by atoms with Crippen molar-refractivity contribution >= 4 is 23.3 Å². The molecule has 1 unspecified atom stereocenters. The maximum absolute atomic E-state index is 13.6. The van der Waals surface area contributed by atoms with Gasteiger partial charge in [-0.1, -0.05) is 97.8 Å². The molecule has 0 rings (SSSR count). The van der Waals surface area contributed by atoms with E-state index in [-0.39, 0.29) is 19.3 Å². The van der Waals surface area contributed by atoms with Crippen molar-refractivity contribution in [3.05, 3.63) is 0 Å². The Kier molecular flexibility index (Phi) is 20.5. The number of ketones is 3. The minimum Gasteiger partial charge on any atom is -0.461 e. The topological polar surface area (TPSA) is 118 Å². The van der Waals surface area contributed by atoms with Gasteiger partial charge in [-0.3, -0.25) is 14.4 Å². The second-order valence-electron chi connectivity index (χ2n) is 9.95. The van der Waals surface area contributed by atoms with E-state index in [1.165, 1.54) is 0 Å². The summed E-state index contributed by atoms with van der Waals surface area (Å²) in [5.41, 5.74) is -2.46. The summed E-state index contributed by atoms with van der Waals surface area (Å²) in [5, 5.41) is 18.8. The molecule has 0 spiro atoms. The summed E-state index contributed by atoms with van der Waals surface area (Å²) < 4.78 is 5.15. The van der Waals surface area contributed by atoms with Crippen LogP contribution in [0.2, 0.25) is 0 Å². The Balaban J connectivity index is 5.85. The third-order valence-corrected chi connectivity index (χ3v) is 6.70. The van der Waals surface area contributed by atoms with Crippen LogP contribution < -0.4 is 0 Å². The second-order valence-corrected chi connectivity index (χ2v) is 9.95. The number of aliphatic hydroxyl groups excluding tert-OH is 2. The lowest BCUT2D eigenvalue weighted by Crippen LogP contribution is -2.54. The number of esters is 1. The quantitative estimate of drug-likeness (QED) is 0.0920. The molecule has 7 nitrogen and oxygen atoms in total.